The Kier molecular flexibility index (Phi) is 8.32. The van der Waals surface area contributed by atoms with Crippen LogP contribution in [0.25, 0.3) is 0 Å². The lowest BCUT2D eigenvalue weighted by atomic mass is 9.81. The molecule has 2 N–H and O–H groups in total. The zero-order valence-electron chi connectivity index (χ0n) is 12.1. The van der Waals surface area contributed by atoms with E-state index in [1.165, 1.54) is 51.4 Å². The number of hydrogen-bond acceptors (Lipinski definition) is 2. The van der Waals surface area contributed by atoms with Crippen molar-refractivity contribution in [2.24, 2.45) is 11.7 Å². The second-order valence-electron chi connectivity index (χ2n) is 5.89. The van der Waals surface area contributed by atoms with Crippen molar-refractivity contribution in [3.63, 3.8) is 0 Å². The summed E-state index contributed by atoms with van der Waals surface area (Å²) < 4.78 is 0. The van der Waals surface area contributed by atoms with Crippen LogP contribution in [0.2, 0.25) is 0 Å². The first-order valence-electron chi connectivity index (χ1n) is 8.04. The van der Waals surface area contributed by atoms with Crippen LogP contribution in [0.15, 0.2) is 0 Å². The van der Waals surface area contributed by atoms with Gasteiger partial charge in [0.2, 0.25) is 0 Å². The van der Waals surface area contributed by atoms with Gasteiger partial charge in [0.05, 0.1) is 0 Å². The molecule has 0 aliphatic heterocycles. The third kappa shape index (κ3) is 5.99. The van der Waals surface area contributed by atoms with E-state index in [9.17, 15) is 4.79 Å². The van der Waals surface area contributed by atoms with Crippen LogP contribution in [0.5, 0.6) is 0 Å². The zero-order valence-corrected chi connectivity index (χ0v) is 12.1. The van der Waals surface area contributed by atoms with Crippen molar-refractivity contribution < 1.29 is 4.79 Å². The third-order valence-electron chi connectivity index (χ3n) is 4.26. The van der Waals surface area contributed by atoms with Gasteiger partial charge in [-0.2, -0.15) is 0 Å². The molecule has 1 fully saturated rings. The summed E-state index contributed by atoms with van der Waals surface area (Å²) in [6.07, 6.45) is 14.2. The van der Waals surface area contributed by atoms with Crippen LogP contribution in [0, 0.1) is 5.92 Å². The first-order chi connectivity index (χ1) is 8.75. The van der Waals surface area contributed by atoms with E-state index in [1.807, 2.05) is 0 Å². The number of carbonyl (C=O) groups excluding carboxylic acids is 1. The maximum absolute atomic E-state index is 12.1. The van der Waals surface area contributed by atoms with Gasteiger partial charge in [-0.3, -0.25) is 4.79 Å². The summed E-state index contributed by atoms with van der Waals surface area (Å²) in [6, 6.07) is 0.149. The predicted octanol–water partition coefficient (Wildman–Crippen LogP) is 4.21. The quantitative estimate of drug-likeness (QED) is 0.625. The molecule has 0 aromatic carbocycles. The van der Waals surface area contributed by atoms with Crippen molar-refractivity contribution in [1.82, 2.24) is 0 Å². The highest BCUT2D eigenvalue weighted by molar-refractivity contribution is 5.81. The topological polar surface area (TPSA) is 43.1 Å². The molecule has 0 radical (unpaired) electrons. The van der Waals surface area contributed by atoms with Crippen LogP contribution in [-0.2, 0) is 4.79 Å². The number of nitrogens with two attached hydrogens (primary N) is 1. The Morgan fingerprint density at radius 1 is 1.00 bits per heavy atom. The fourth-order valence-electron chi connectivity index (χ4n) is 3.00. The maximum atomic E-state index is 12.1. The van der Waals surface area contributed by atoms with Crippen molar-refractivity contribution in [1.29, 1.82) is 0 Å². The largest absolute Gasteiger partial charge is 0.327 e. The average molecular weight is 253 g/mol. The number of ketones is 1. The molecule has 2 unspecified atom stereocenters. The standard InChI is InChI=1S/C16H31NO/c1-2-3-4-5-6-7-8-13-16(18)14-11-9-10-12-15(14)17/h14-15H,2-13,17H2,1H3. The number of carbonyl (C=O) groups is 1. The van der Waals surface area contributed by atoms with E-state index in [4.69, 9.17) is 5.73 Å². The molecule has 106 valence electrons. The first kappa shape index (κ1) is 15.7. The molecule has 2 atom stereocenters. The normalized spacial score (nSPS) is 24.1. The van der Waals surface area contributed by atoms with Gasteiger partial charge in [0.15, 0.2) is 0 Å². The van der Waals surface area contributed by atoms with Crippen molar-refractivity contribution in [2.75, 3.05) is 0 Å². The van der Waals surface area contributed by atoms with E-state index in [1.54, 1.807) is 0 Å². The number of rotatable bonds is 9. The van der Waals surface area contributed by atoms with E-state index in [0.29, 0.717) is 5.78 Å². The Morgan fingerprint density at radius 3 is 2.28 bits per heavy atom. The van der Waals surface area contributed by atoms with E-state index >= 15 is 0 Å². The van der Waals surface area contributed by atoms with Crippen LogP contribution in [0.4, 0.5) is 0 Å². The molecule has 0 bridgehead atoms. The summed E-state index contributed by atoms with van der Waals surface area (Å²) in [5, 5.41) is 0. The van der Waals surface area contributed by atoms with Crippen LogP contribution >= 0.6 is 0 Å². The van der Waals surface area contributed by atoms with Gasteiger partial charge in [-0.25, -0.2) is 0 Å². The Bertz CT molecular complexity index is 227. The second kappa shape index (κ2) is 9.55. The molecule has 1 saturated carbocycles. The predicted molar refractivity (Wildman–Crippen MR) is 77.6 cm³/mol. The summed E-state index contributed by atoms with van der Waals surface area (Å²) in [5.41, 5.74) is 6.04. The molecular weight excluding hydrogens is 222 g/mol. The Morgan fingerprint density at radius 2 is 1.61 bits per heavy atom. The van der Waals surface area contributed by atoms with Crippen LogP contribution in [-0.4, -0.2) is 11.8 Å². The molecule has 0 aromatic rings. The molecule has 0 aromatic heterocycles. The molecule has 1 aliphatic carbocycles. The summed E-state index contributed by atoms with van der Waals surface area (Å²) in [6.45, 7) is 2.24. The summed E-state index contributed by atoms with van der Waals surface area (Å²) in [4.78, 5) is 12.1. The summed E-state index contributed by atoms with van der Waals surface area (Å²) in [5.74, 6) is 0.620. The third-order valence-corrected chi connectivity index (χ3v) is 4.26. The van der Waals surface area contributed by atoms with Crippen molar-refractivity contribution in [3.8, 4) is 0 Å². The Labute approximate surface area is 113 Å². The minimum Gasteiger partial charge on any atom is -0.327 e. The molecule has 0 saturated heterocycles. The zero-order chi connectivity index (χ0) is 13.2. The van der Waals surface area contributed by atoms with Gasteiger partial charge in [-0.15, -0.1) is 0 Å². The molecule has 0 heterocycles. The molecular formula is C16H31NO. The Balaban J connectivity index is 2.02. The van der Waals surface area contributed by atoms with E-state index in [0.717, 1.165) is 25.7 Å². The molecule has 0 amide bonds. The van der Waals surface area contributed by atoms with E-state index in [-0.39, 0.29) is 12.0 Å². The van der Waals surface area contributed by atoms with Crippen molar-refractivity contribution in [3.05, 3.63) is 0 Å². The fraction of sp³-hybridized carbons (Fsp3) is 0.938. The lowest BCUT2D eigenvalue weighted by Gasteiger charge is -2.27. The first-order valence-corrected chi connectivity index (χ1v) is 8.04. The van der Waals surface area contributed by atoms with Crippen LogP contribution in [0.1, 0.15) is 84.0 Å². The molecule has 2 heteroatoms. The molecule has 1 rings (SSSR count). The van der Waals surface area contributed by atoms with Gasteiger partial charge in [0.1, 0.15) is 5.78 Å². The second-order valence-corrected chi connectivity index (χ2v) is 5.89. The minimum atomic E-state index is 0.149. The molecule has 0 spiro atoms. The fourth-order valence-corrected chi connectivity index (χ4v) is 3.00. The van der Waals surface area contributed by atoms with Crippen molar-refractivity contribution in [2.45, 2.75) is 90.0 Å². The molecule has 1 aliphatic rings. The maximum Gasteiger partial charge on any atom is 0.137 e. The lowest BCUT2D eigenvalue weighted by molar-refractivity contribution is -0.124. The molecule has 2 nitrogen and oxygen atoms in total. The molecule has 18 heavy (non-hydrogen) atoms. The number of unbranched alkanes of at least 4 members (excludes halogenated alkanes) is 6. The van der Waals surface area contributed by atoms with E-state index < -0.39 is 0 Å². The summed E-state index contributed by atoms with van der Waals surface area (Å²) >= 11 is 0. The SMILES string of the molecule is CCCCCCCCCC(=O)C1CCCCC1N. The number of hydrogen-bond donors (Lipinski definition) is 1. The van der Waals surface area contributed by atoms with Gasteiger partial charge in [0, 0.05) is 18.4 Å². The van der Waals surface area contributed by atoms with Gasteiger partial charge in [-0.05, 0) is 19.3 Å². The lowest BCUT2D eigenvalue weighted by Crippen LogP contribution is -2.37. The van der Waals surface area contributed by atoms with Crippen molar-refractivity contribution >= 4 is 5.78 Å². The highest BCUT2D eigenvalue weighted by Gasteiger charge is 2.27. The average Bonchev–Trinajstić information content (AvgIpc) is 2.38. The summed E-state index contributed by atoms with van der Waals surface area (Å²) in [7, 11) is 0. The Hall–Kier alpha value is -0.370. The minimum absolute atomic E-state index is 0.149. The van der Waals surface area contributed by atoms with Gasteiger partial charge in [-0.1, -0.05) is 58.3 Å². The number of Topliss-reactive ketones (excluding diaryl/α,β-unsaturated/α-hetero) is 1. The van der Waals surface area contributed by atoms with Gasteiger partial charge < -0.3 is 5.73 Å². The monoisotopic (exact) mass is 253 g/mol. The van der Waals surface area contributed by atoms with Gasteiger partial charge in [0.25, 0.3) is 0 Å². The van der Waals surface area contributed by atoms with Gasteiger partial charge >= 0.3 is 0 Å². The van der Waals surface area contributed by atoms with Crippen LogP contribution < -0.4 is 5.73 Å². The smallest absolute Gasteiger partial charge is 0.137 e. The van der Waals surface area contributed by atoms with E-state index in [2.05, 4.69) is 6.92 Å². The highest BCUT2D eigenvalue weighted by atomic mass is 16.1. The highest BCUT2D eigenvalue weighted by Crippen LogP contribution is 2.25. The van der Waals surface area contributed by atoms with Crippen LogP contribution in [0.3, 0.4) is 0 Å².